The molecule has 0 heterocycles. The van der Waals surface area contributed by atoms with Crippen LogP contribution in [0.1, 0.15) is 12.8 Å². The number of rotatable bonds is 4. The molecule has 0 fully saturated rings. The lowest BCUT2D eigenvalue weighted by molar-refractivity contribution is -0.134. The molecule has 0 saturated carbocycles. The lowest BCUT2D eigenvalue weighted by Crippen LogP contribution is -2.12. The molecule has 0 amide bonds. The van der Waals surface area contributed by atoms with Gasteiger partial charge in [-0.25, -0.2) is 8.42 Å². The molecule has 1 rings (SSSR count). The Morgan fingerprint density at radius 3 is 2.39 bits per heavy atom. The lowest BCUT2D eigenvalue weighted by Gasteiger charge is -2.08. The zero-order valence-corrected chi connectivity index (χ0v) is 10.7. The molecule has 0 spiro atoms. The summed E-state index contributed by atoms with van der Waals surface area (Å²) in [7, 11) is -3.76. The molecule has 0 unspecified atom stereocenters. The van der Waals surface area contributed by atoms with E-state index in [1.807, 2.05) is 0 Å². The van der Waals surface area contributed by atoms with Gasteiger partial charge in [-0.1, -0.05) is 11.6 Å². The summed E-state index contributed by atoms with van der Waals surface area (Å²) in [6.07, 6.45) is -5.96. The van der Waals surface area contributed by atoms with Crippen molar-refractivity contribution >= 4 is 27.1 Å². The Morgan fingerprint density at radius 1 is 1.28 bits per heavy atom. The highest BCUT2D eigenvalue weighted by Gasteiger charge is 2.27. The van der Waals surface area contributed by atoms with Gasteiger partial charge in [0.15, 0.2) is 9.84 Å². The fourth-order valence-electron chi connectivity index (χ4n) is 1.28. The predicted octanol–water partition coefficient (Wildman–Crippen LogP) is 3.04. The van der Waals surface area contributed by atoms with Crippen molar-refractivity contribution in [2.24, 2.45) is 0 Å². The van der Waals surface area contributed by atoms with Gasteiger partial charge in [-0.05, 0) is 24.6 Å². The van der Waals surface area contributed by atoms with Crippen molar-refractivity contribution < 1.29 is 21.6 Å². The third-order valence-electron chi connectivity index (χ3n) is 2.20. The van der Waals surface area contributed by atoms with E-state index >= 15 is 0 Å². The minimum absolute atomic E-state index is 0.0619. The summed E-state index contributed by atoms with van der Waals surface area (Å²) in [5, 5.41) is 0.0619. The summed E-state index contributed by atoms with van der Waals surface area (Å²) in [5.41, 5.74) is 5.63. The zero-order chi connectivity index (χ0) is 14.0. The molecule has 0 aromatic heterocycles. The van der Waals surface area contributed by atoms with Gasteiger partial charge in [0.05, 0.1) is 21.4 Å². The summed E-state index contributed by atoms with van der Waals surface area (Å²) in [6.45, 7) is 0. The first kappa shape index (κ1) is 15.1. The highest BCUT2D eigenvalue weighted by molar-refractivity contribution is 7.91. The largest absolute Gasteiger partial charge is 0.398 e. The molecule has 3 nitrogen and oxygen atoms in total. The van der Waals surface area contributed by atoms with Crippen LogP contribution in [0, 0.1) is 0 Å². The molecule has 0 atom stereocenters. The average Bonchev–Trinajstić information content (AvgIpc) is 2.19. The Bertz CT molecular complexity index is 528. The molecule has 2 N–H and O–H groups in total. The summed E-state index contributed by atoms with van der Waals surface area (Å²) in [6, 6.07) is 3.67. The van der Waals surface area contributed by atoms with E-state index in [1.165, 1.54) is 12.1 Å². The van der Waals surface area contributed by atoms with Gasteiger partial charge in [0.25, 0.3) is 0 Å². The second kappa shape index (κ2) is 5.36. The minimum Gasteiger partial charge on any atom is -0.398 e. The molecular weight excluding hydrogens is 291 g/mol. The standard InChI is InChI=1S/C10H11ClF3NO2S/c11-8-6-7(2-3-9(8)15)18(16,17)5-1-4-10(12,13)14/h2-3,6H,1,4-5,15H2. The maximum Gasteiger partial charge on any atom is 0.389 e. The Morgan fingerprint density at radius 2 is 1.89 bits per heavy atom. The maximum absolute atomic E-state index is 11.9. The van der Waals surface area contributed by atoms with Crippen LogP contribution in [-0.2, 0) is 9.84 Å². The number of nitrogens with two attached hydrogens (primary N) is 1. The van der Waals surface area contributed by atoms with Gasteiger partial charge in [-0.15, -0.1) is 0 Å². The van der Waals surface area contributed by atoms with Gasteiger partial charge in [0, 0.05) is 6.42 Å². The number of benzene rings is 1. The average molecular weight is 302 g/mol. The summed E-state index contributed by atoms with van der Waals surface area (Å²) in [5.74, 6) is -0.577. The Balaban J connectivity index is 2.77. The molecule has 1 aromatic rings. The highest BCUT2D eigenvalue weighted by atomic mass is 35.5. The first-order valence-electron chi connectivity index (χ1n) is 4.96. The second-order valence-corrected chi connectivity index (χ2v) is 6.24. The number of alkyl halides is 3. The number of hydrogen-bond donors (Lipinski definition) is 1. The van der Waals surface area contributed by atoms with Gasteiger partial charge in [-0.3, -0.25) is 0 Å². The van der Waals surface area contributed by atoms with E-state index in [1.54, 1.807) is 0 Å². The second-order valence-electron chi connectivity index (χ2n) is 3.72. The van der Waals surface area contributed by atoms with Gasteiger partial charge < -0.3 is 5.73 Å². The van der Waals surface area contributed by atoms with Crippen LogP contribution >= 0.6 is 11.6 Å². The number of sulfone groups is 1. The summed E-state index contributed by atoms with van der Waals surface area (Å²) >= 11 is 5.66. The number of anilines is 1. The van der Waals surface area contributed by atoms with Crippen molar-refractivity contribution in [3.63, 3.8) is 0 Å². The topological polar surface area (TPSA) is 60.2 Å². The lowest BCUT2D eigenvalue weighted by atomic mass is 10.3. The Hall–Kier alpha value is -0.950. The number of hydrogen-bond acceptors (Lipinski definition) is 3. The Labute approximate surface area is 108 Å². The van der Waals surface area contributed by atoms with E-state index in [0.29, 0.717) is 0 Å². The molecule has 102 valence electrons. The normalized spacial score (nSPS) is 12.7. The summed E-state index contributed by atoms with van der Waals surface area (Å²) in [4.78, 5) is -0.121. The van der Waals surface area contributed by atoms with Crippen LogP contribution in [0.5, 0.6) is 0 Å². The van der Waals surface area contributed by atoms with Crippen LogP contribution < -0.4 is 5.73 Å². The smallest absolute Gasteiger partial charge is 0.389 e. The third-order valence-corrected chi connectivity index (χ3v) is 4.33. The molecule has 8 heteroatoms. The predicted molar refractivity (Wildman–Crippen MR) is 63.2 cm³/mol. The van der Waals surface area contributed by atoms with Crippen molar-refractivity contribution in [1.29, 1.82) is 0 Å². The van der Waals surface area contributed by atoms with E-state index in [4.69, 9.17) is 17.3 Å². The van der Waals surface area contributed by atoms with Crippen LogP contribution in [0.4, 0.5) is 18.9 Å². The highest BCUT2D eigenvalue weighted by Crippen LogP contribution is 2.25. The van der Waals surface area contributed by atoms with Crippen molar-refractivity contribution in [2.45, 2.75) is 23.9 Å². The van der Waals surface area contributed by atoms with Gasteiger partial charge in [-0.2, -0.15) is 13.2 Å². The molecule has 0 radical (unpaired) electrons. The molecular formula is C10H11ClF3NO2S. The first-order chi connectivity index (χ1) is 8.12. The molecule has 0 bridgehead atoms. The monoisotopic (exact) mass is 301 g/mol. The van der Waals surface area contributed by atoms with E-state index in [2.05, 4.69) is 0 Å². The van der Waals surface area contributed by atoms with E-state index in [0.717, 1.165) is 6.07 Å². The SMILES string of the molecule is Nc1ccc(S(=O)(=O)CCCC(F)(F)F)cc1Cl. The van der Waals surface area contributed by atoms with Crippen LogP contribution in [0.15, 0.2) is 23.1 Å². The zero-order valence-electron chi connectivity index (χ0n) is 9.17. The summed E-state index contributed by atoms with van der Waals surface area (Å²) < 4.78 is 59.2. The molecule has 0 aliphatic carbocycles. The van der Waals surface area contributed by atoms with Crippen molar-refractivity contribution in [3.05, 3.63) is 23.2 Å². The van der Waals surface area contributed by atoms with E-state index < -0.39 is 34.6 Å². The van der Waals surface area contributed by atoms with Gasteiger partial charge in [0.1, 0.15) is 0 Å². The first-order valence-corrected chi connectivity index (χ1v) is 6.99. The molecule has 0 aliphatic rings. The van der Waals surface area contributed by atoms with E-state index in [-0.39, 0.29) is 15.6 Å². The van der Waals surface area contributed by atoms with Crippen LogP contribution in [-0.4, -0.2) is 20.3 Å². The Kier molecular flexibility index (Phi) is 4.50. The van der Waals surface area contributed by atoms with Crippen LogP contribution in [0.25, 0.3) is 0 Å². The number of halogens is 4. The minimum atomic E-state index is -4.35. The van der Waals surface area contributed by atoms with Gasteiger partial charge in [0.2, 0.25) is 0 Å². The quantitative estimate of drug-likeness (QED) is 0.870. The van der Waals surface area contributed by atoms with Crippen molar-refractivity contribution in [1.82, 2.24) is 0 Å². The molecule has 1 aromatic carbocycles. The molecule has 0 aliphatic heterocycles. The number of nitrogen functional groups attached to an aromatic ring is 1. The van der Waals surface area contributed by atoms with Crippen LogP contribution in [0.3, 0.4) is 0 Å². The molecule has 18 heavy (non-hydrogen) atoms. The van der Waals surface area contributed by atoms with E-state index in [9.17, 15) is 21.6 Å². The van der Waals surface area contributed by atoms with Crippen molar-refractivity contribution in [3.8, 4) is 0 Å². The van der Waals surface area contributed by atoms with Gasteiger partial charge >= 0.3 is 6.18 Å². The fraction of sp³-hybridized carbons (Fsp3) is 0.400. The third kappa shape index (κ3) is 4.38. The van der Waals surface area contributed by atoms with Crippen molar-refractivity contribution in [2.75, 3.05) is 11.5 Å². The molecule has 0 saturated heterocycles. The maximum atomic E-state index is 11.9. The van der Waals surface area contributed by atoms with Crippen LogP contribution in [0.2, 0.25) is 5.02 Å². The fourth-order valence-corrected chi connectivity index (χ4v) is 2.86.